The topological polar surface area (TPSA) is 29.5 Å². The summed E-state index contributed by atoms with van der Waals surface area (Å²) in [5.41, 5.74) is 6.84. The van der Waals surface area contributed by atoms with E-state index in [9.17, 15) is 5.11 Å². The van der Waals surface area contributed by atoms with Crippen LogP contribution < -0.4 is 0 Å². The summed E-state index contributed by atoms with van der Waals surface area (Å²) in [5, 5.41) is 10.3. The van der Waals surface area contributed by atoms with Crippen molar-refractivity contribution in [3.8, 4) is 0 Å². The summed E-state index contributed by atoms with van der Waals surface area (Å²) < 4.78 is 5.63. The maximum absolute atomic E-state index is 10.3. The quantitative estimate of drug-likeness (QED) is 0.0881. The molecule has 0 aromatic heterocycles. The minimum absolute atomic E-state index is 0.266. The van der Waals surface area contributed by atoms with Crippen LogP contribution in [0.3, 0.4) is 0 Å². The lowest BCUT2D eigenvalue weighted by molar-refractivity contribution is -0.0527. The third-order valence-corrected chi connectivity index (χ3v) is 9.02. The van der Waals surface area contributed by atoms with Crippen LogP contribution in [0.2, 0.25) is 0 Å². The van der Waals surface area contributed by atoms with Crippen molar-refractivity contribution >= 4 is 0 Å². The SMILES string of the molecule is CC(C=CC1=C(C)CCCC1(C)C)=CC=CC(C)=CC(O)OCC=C(C)CCCC(C)CCCC(C)CCCC(C)C. The van der Waals surface area contributed by atoms with Crippen LogP contribution in [0.5, 0.6) is 0 Å². The number of ether oxygens (including phenoxy) is 1. The third-order valence-electron chi connectivity index (χ3n) is 9.02. The minimum atomic E-state index is -0.889. The van der Waals surface area contributed by atoms with Crippen molar-refractivity contribution < 1.29 is 9.84 Å². The molecule has 2 nitrogen and oxygen atoms in total. The van der Waals surface area contributed by atoms with E-state index in [4.69, 9.17) is 4.74 Å². The fourth-order valence-electron chi connectivity index (χ4n) is 6.06. The van der Waals surface area contributed by atoms with Gasteiger partial charge in [-0.15, -0.1) is 0 Å². The predicted molar refractivity (Wildman–Crippen MR) is 187 cm³/mol. The van der Waals surface area contributed by atoms with Crippen molar-refractivity contribution in [1.82, 2.24) is 0 Å². The Morgan fingerprint density at radius 3 is 2.12 bits per heavy atom. The Balaban J connectivity index is 2.31. The van der Waals surface area contributed by atoms with E-state index in [1.54, 1.807) is 6.08 Å². The molecule has 0 heterocycles. The molecule has 0 spiro atoms. The van der Waals surface area contributed by atoms with Gasteiger partial charge in [-0.1, -0.05) is 145 Å². The van der Waals surface area contributed by atoms with E-state index in [0.717, 1.165) is 29.7 Å². The van der Waals surface area contributed by atoms with E-state index in [1.165, 1.54) is 92.9 Å². The van der Waals surface area contributed by atoms with Crippen LogP contribution in [0.1, 0.15) is 146 Å². The average molecular weight is 581 g/mol. The largest absolute Gasteiger partial charge is 0.365 e. The Labute approximate surface area is 262 Å². The first-order chi connectivity index (χ1) is 19.8. The lowest BCUT2D eigenvalue weighted by Crippen LogP contribution is -2.19. The van der Waals surface area contributed by atoms with Crippen molar-refractivity contribution in [3.05, 3.63) is 70.4 Å². The molecule has 0 radical (unpaired) electrons. The zero-order chi connectivity index (χ0) is 31.5. The molecule has 0 saturated heterocycles. The summed E-state index contributed by atoms with van der Waals surface area (Å²) in [6.07, 6.45) is 29.4. The van der Waals surface area contributed by atoms with Gasteiger partial charge in [-0.3, -0.25) is 0 Å². The zero-order valence-electron chi connectivity index (χ0n) is 29.4. The van der Waals surface area contributed by atoms with Gasteiger partial charge in [0.05, 0.1) is 6.61 Å². The van der Waals surface area contributed by atoms with E-state index in [1.807, 2.05) is 19.1 Å². The van der Waals surface area contributed by atoms with Crippen molar-refractivity contribution in [3.63, 3.8) is 0 Å². The standard InChI is InChI=1S/C40H68O2/c1-31(2)16-11-17-32(3)18-12-19-33(4)20-13-22-35(6)27-29-42-39(41)30-36(7)23-14-21-34(5)25-26-38-37(8)24-15-28-40(38,9)10/h14,21,23,25-27,30-33,39,41H,11-13,15-20,22,24,28-29H2,1-10H3. The number of hydrogen-bond donors (Lipinski definition) is 1. The molecule has 3 atom stereocenters. The van der Waals surface area contributed by atoms with Crippen LogP contribution in [-0.4, -0.2) is 18.0 Å². The number of aliphatic hydroxyl groups excluding tert-OH is 1. The highest BCUT2D eigenvalue weighted by Crippen LogP contribution is 2.40. The van der Waals surface area contributed by atoms with Crippen LogP contribution in [0.25, 0.3) is 0 Å². The molecule has 240 valence electrons. The first-order valence-corrected chi connectivity index (χ1v) is 17.2. The van der Waals surface area contributed by atoms with Gasteiger partial charge in [0.15, 0.2) is 6.29 Å². The van der Waals surface area contributed by atoms with Gasteiger partial charge in [-0.25, -0.2) is 0 Å². The molecule has 3 unspecified atom stereocenters. The molecule has 1 N–H and O–H groups in total. The van der Waals surface area contributed by atoms with Crippen molar-refractivity contribution in [2.75, 3.05) is 6.61 Å². The van der Waals surface area contributed by atoms with Gasteiger partial charge in [0.25, 0.3) is 0 Å². The summed E-state index contributed by atoms with van der Waals surface area (Å²) in [6, 6.07) is 0. The van der Waals surface area contributed by atoms with E-state index in [2.05, 4.69) is 86.6 Å². The average Bonchev–Trinajstić information content (AvgIpc) is 2.87. The molecular weight excluding hydrogens is 512 g/mol. The van der Waals surface area contributed by atoms with E-state index >= 15 is 0 Å². The number of hydrogen-bond acceptors (Lipinski definition) is 2. The van der Waals surface area contributed by atoms with Gasteiger partial charge >= 0.3 is 0 Å². The number of aliphatic hydroxyl groups is 1. The summed E-state index contributed by atoms with van der Waals surface area (Å²) >= 11 is 0. The van der Waals surface area contributed by atoms with Crippen LogP contribution in [0.15, 0.2) is 70.4 Å². The summed E-state index contributed by atoms with van der Waals surface area (Å²) in [5.74, 6) is 2.52. The molecule has 0 aliphatic heterocycles. The van der Waals surface area contributed by atoms with E-state index in [-0.39, 0.29) is 5.41 Å². The van der Waals surface area contributed by atoms with Gasteiger partial charge in [0.2, 0.25) is 0 Å². The van der Waals surface area contributed by atoms with Crippen molar-refractivity contribution in [2.24, 2.45) is 23.2 Å². The van der Waals surface area contributed by atoms with Crippen LogP contribution >= 0.6 is 0 Å². The summed E-state index contributed by atoms with van der Waals surface area (Å²) in [6.45, 7) is 23.2. The summed E-state index contributed by atoms with van der Waals surface area (Å²) in [7, 11) is 0. The van der Waals surface area contributed by atoms with Gasteiger partial charge in [-0.2, -0.15) is 0 Å². The molecule has 0 saturated carbocycles. The van der Waals surface area contributed by atoms with Crippen LogP contribution in [-0.2, 0) is 4.74 Å². The molecule has 0 amide bonds. The highest BCUT2D eigenvalue weighted by Gasteiger charge is 2.26. The Morgan fingerprint density at radius 1 is 0.881 bits per heavy atom. The number of allylic oxidation sites excluding steroid dienone is 10. The monoisotopic (exact) mass is 581 g/mol. The van der Waals surface area contributed by atoms with Crippen molar-refractivity contribution in [2.45, 2.75) is 153 Å². The second kappa shape index (κ2) is 21.1. The van der Waals surface area contributed by atoms with Crippen LogP contribution in [0.4, 0.5) is 0 Å². The maximum atomic E-state index is 10.3. The first kappa shape index (κ1) is 38.4. The van der Waals surface area contributed by atoms with Gasteiger partial charge in [0.1, 0.15) is 0 Å². The predicted octanol–water partition coefficient (Wildman–Crippen LogP) is 12.2. The molecular formula is C40H68O2. The Bertz CT molecular complexity index is 937. The van der Waals surface area contributed by atoms with Gasteiger partial charge in [0, 0.05) is 0 Å². The normalized spacial score (nSPS) is 19.4. The molecule has 1 aliphatic carbocycles. The Morgan fingerprint density at radius 2 is 1.50 bits per heavy atom. The maximum Gasteiger partial charge on any atom is 0.175 e. The highest BCUT2D eigenvalue weighted by atomic mass is 16.6. The molecule has 2 heteroatoms. The van der Waals surface area contributed by atoms with E-state index < -0.39 is 6.29 Å². The lowest BCUT2D eigenvalue weighted by Gasteiger charge is -2.32. The zero-order valence-corrected chi connectivity index (χ0v) is 29.4. The van der Waals surface area contributed by atoms with Crippen molar-refractivity contribution in [1.29, 1.82) is 0 Å². The van der Waals surface area contributed by atoms with E-state index in [0.29, 0.717) is 6.61 Å². The first-order valence-electron chi connectivity index (χ1n) is 17.2. The Hall–Kier alpha value is -1.64. The Kier molecular flexibility index (Phi) is 19.3. The molecule has 0 aromatic carbocycles. The smallest absolute Gasteiger partial charge is 0.175 e. The van der Waals surface area contributed by atoms with Gasteiger partial charge in [-0.05, 0) is 94.6 Å². The van der Waals surface area contributed by atoms with Crippen LogP contribution in [0, 0.1) is 23.2 Å². The summed E-state index contributed by atoms with van der Waals surface area (Å²) in [4.78, 5) is 0. The second-order valence-corrected chi connectivity index (χ2v) is 14.6. The molecule has 0 bridgehead atoms. The molecule has 42 heavy (non-hydrogen) atoms. The molecule has 0 aromatic rings. The fourth-order valence-corrected chi connectivity index (χ4v) is 6.06. The molecule has 1 aliphatic rings. The number of rotatable bonds is 20. The lowest BCUT2D eigenvalue weighted by atomic mass is 9.72. The fraction of sp³-hybridized carbons (Fsp3) is 0.700. The second-order valence-electron chi connectivity index (χ2n) is 14.6. The van der Waals surface area contributed by atoms with Gasteiger partial charge < -0.3 is 9.84 Å². The highest BCUT2D eigenvalue weighted by molar-refractivity contribution is 5.37. The molecule has 0 fully saturated rings. The minimum Gasteiger partial charge on any atom is -0.365 e. The third kappa shape index (κ3) is 18.1. The molecule has 1 rings (SSSR count).